The Labute approximate surface area is 142 Å². The van der Waals surface area contributed by atoms with E-state index in [-0.39, 0.29) is 6.10 Å². The molecule has 3 rings (SSSR count). The van der Waals surface area contributed by atoms with Crippen LogP contribution in [0.5, 0.6) is 5.75 Å². The number of hydrogen-bond donors (Lipinski definition) is 1. The maximum atomic E-state index is 12.2. The van der Waals surface area contributed by atoms with Gasteiger partial charge in [-0.3, -0.25) is 0 Å². The summed E-state index contributed by atoms with van der Waals surface area (Å²) in [5.41, 5.74) is 6.54. The molecule has 0 amide bonds. The van der Waals surface area contributed by atoms with Crippen LogP contribution in [-0.2, 0) is 9.53 Å². The number of nitrogen functional groups attached to an aromatic ring is 1. The Bertz CT molecular complexity index is 768. The summed E-state index contributed by atoms with van der Waals surface area (Å²) in [7, 11) is 0. The van der Waals surface area contributed by atoms with Gasteiger partial charge in [-0.25, -0.2) is 4.79 Å². The summed E-state index contributed by atoms with van der Waals surface area (Å²) in [5, 5.41) is 2.01. The normalized spacial score (nSPS) is 21.1. The summed E-state index contributed by atoms with van der Waals surface area (Å²) in [5.74, 6) is -1.56. The van der Waals surface area contributed by atoms with Gasteiger partial charge in [0.25, 0.3) is 0 Å². The number of anilines is 1. The Morgan fingerprint density at radius 1 is 1.00 bits per heavy atom. The molecule has 0 aromatic heterocycles. The molecular weight excluding hydrogens is 335 g/mol. The van der Waals surface area contributed by atoms with Crippen molar-refractivity contribution in [3.63, 3.8) is 0 Å². The molecular formula is C18H18F3NO3. The zero-order valence-corrected chi connectivity index (χ0v) is 13.4. The third-order valence-electron chi connectivity index (χ3n) is 4.30. The molecule has 0 atom stereocenters. The molecule has 1 aliphatic rings. The van der Waals surface area contributed by atoms with Crippen LogP contribution >= 0.6 is 0 Å². The molecule has 0 spiro atoms. The third-order valence-corrected chi connectivity index (χ3v) is 4.30. The molecule has 4 nitrogen and oxygen atoms in total. The highest BCUT2D eigenvalue weighted by Gasteiger charge is 2.42. The van der Waals surface area contributed by atoms with Crippen LogP contribution in [0.3, 0.4) is 0 Å². The number of esters is 1. The summed E-state index contributed by atoms with van der Waals surface area (Å²) >= 11 is 0. The fourth-order valence-corrected chi connectivity index (χ4v) is 3.00. The second kappa shape index (κ2) is 6.82. The molecule has 2 N–H and O–H groups in total. The first-order valence-corrected chi connectivity index (χ1v) is 8.05. The zero-order valence-electron chi connectivity index (χ0n) is 13.4. The number of carbonyl (C=O) groups excluding carboxylic acids is 1. The monoisotopic (exact) mass is 353 g/mol. The lowest BCUT2D eigenvalue weighted by Crippen LogP contribution is -2.34. The zero-order chi connectivity index (χ0) is 18.0. The summed E-state index contributed by atoms with van der Waals surface area (Å²) < 4.78 is 47.1. The molecule has 0 unspecified atom stereocenters. The largest absolute Gasteiger partial charge is 0.490 e. The van der Waals surface area contributed by atoms with Gasteiger partial charge in [-0.05, 0) is 48.6 Å². The number of ether oxygens (including phenoxy) is 2. The van der Waals surface area contributed by atoms with Crippen LogP contribution in [0.2, 0.25) is 0 Å². The van der Waals surface area contributed by atoms with Crippen molar-refractivity contribution in [1.29, 1.82) is 0 Å². The highest BCUT2D eigenvalue weighted by Crippen LogP contribution is 2.32. The van der Waals surface area contributed by atoms with Crippen LogP contribution in [0, 0.1) is 0 Å². The summed E-state index contributed by atoms with van der Waals surface area (Å²) in [6, 6.07) is 11.4. The van der Waals surface area contributed by atoms with Crippen LogP contribution in [0.4, 0.5) is 18.9 Å². The lowest BCUT2D eigenvalue weighted by atomic mass is 9.95. The Hall–Kier alpha value is -2.44. The van der Waals surface area contributed by atoms with E-state index in [4.69, 9.17) is 10.5 Å². The van der Waals surface area contributed by atoms with Crippen molar-refractivity contribution in [2.75, 3.05) is 5.73 Å². The smallest absolute Gasteiger partial charge is 0.488 e. The molecule has 2 aromatic rings. The highest BCUT2D eigenvalue weighted by atomic mass is 19.4. The van der Waals surface area contributed by atoms with Crippen molar-refractivity contribution >= 4 is 22.4 Å². The quantitative estimate of drug-likeness (QED) is 0.663. The average molecular weight is 353 g/mol. The van der Waals surface area contributed by atoms with E-state index in [1.165, 1.54) is 0 Å². The van der Waals surface area contributed by atoms with Crippen LogP contribution < -0.4 is 10.5 Å². The fraction of sp³-hybridized carbons (Fsp3) is 0.389. The van der Waals surface area contributed by atoms with E-state index in [1.807, 2.05) is 36.4 Å². The molecule has 0 bridgehead atoms. The first-order chi connectivity index (χ1) is 11.8. The number of carbonyl (C=O) groups is 1. The second-order valence-corrected chi connectivity index (χ2v) is 6.16. The maximum Gasteiger partial charge on any atom is 0.490 e. The Morgan fingerprint density at radius 2 is 1.56 bits per heavy atom. The van der Waals surface area contributed by atoms with Crippen LogP contribution in [0.1, 0.15) is 25.7 Å². The molecule has 0 saturated heterocycles. The number of rotatable bonds is 3. The minimum Gasteiger partial charge on any atom is -0.488 e. The van der Waals surface area contributed by atoms with E-state index < -0.39 is 18.2 Å². The lowest BCUT2D eigenvalue weighted by Gasteiger charge is -2.29. The summed E-state index contributed by atoms with van der Waals surface area (Å²) in [6.07, 6.45) is -4.16. The first-order valence-electron chi connectivity index (χ1n) is 8.05. The van der Waals surface area contributed by atoms with E-state index >= 15 is 0 Å². The lowest BCUT2D eigenvalue weighted by molar-refractivity contribution is -0.206. The van der Waals surface area contributed by atoms with Gasteiger partial charge in [0.1, 0.15) is 11.9 Å². The SMILES string of the molecule is Nc1cc2ccccc2cc1OC1CCC(OC(=O)C(F)(F)F)CC1. The fourth-order valence-electron chi connectivity index (χ4n) is 3.00. The van der Waals surface area contributed by atoms with Crippen molar-refractivity contribution in [2.24, 2.45) is 0 Å². The Kier molecular flexibility index (Phi) is 4.74. The summed E-state index contributed by atoms with van der Waals surface area (Å²) in [4.78, 5) is 10.9. The predicted octanol–water partition coefficient (Wildman–Crippen LogP) is 4.22. The number of nitrogens with two attached hydrogens (primary N) is 1. The van der Waals surface area contributed by atoms with Crippen LogP contribution in [0.25, 0.3) is 10.8 Å². The molecule has 1 saturated carbocycles. The molecule has 1 fully saturated rings. The van der Waals surface area contributed by atoms with Crippen molar-refractivity contribution in [3.05, 3.63) is 36.4 Å². The van der Waals surface area contributed by atoms with Gasteiger partial charge in [0.15, 0.2) is 0 Å². The Balaban J connectivity index is 1.59. The molecule has 25 heavy (non-hydrogen) atoms. The highest BCUT2D eigenvalue weighted by molar-refractivity contribution is 5.88. The topological polar surface area (TPSA) is 61.6 Å². The van der Waals surface area contributed by atoms with Gasteiger partial charge in [0, 0.05) is 0 Å². The van der Waals surface area contributed by atoms with Crippen molar-refractivity contribution in [3.8, 4) is 5.75 Å². The molecule has 2 aromatic carbocycles. The van der Waals surface area contributed by atoms with E-state index in [9.17, 15) is 18.0 Å². The van der Waals surface area contributed by atoms with Crippen LogP contribution in [0.15, 0.2) is 36.4 Å². The van der Waals surface area contributed by atoms with E-state index in [0.29, 0.717) is 37.1 Å². The maximum absolute atomic E-state index is 12.2. The number of halogens is 3. The standard InChI is InChI=1S/C18H18F3NO3/c19-18(20,21)17(23)25-14-7-5-13(6-8-14)24-16-10-12-4-2-1-3-11(12)9-15(16)22/h1-4,9-10,13-14H,5-8,22H2. The molecule has 7 heteroatoms. The number of fused-ring (bicyclic) bond motifs is 1. The minimum atomic E-state index is -4.95. The van der Waals surface area contributed by atoms with Gasteiger partial charge in [-0.1, -0.05) is 24.3 Å². The Morgan fingerprint density at radius 3 is 2.16 bits per heavy atom. The first kappa shape index (κ1) is 17.4. The van der Waals surface area contributed by atoms with E-state index in [0.717, 1.165) is 10.8 Å². The van der Waals surface area contributed by atoms with Crippen molar-refractivity contribution in [2.45, 2.75) is 44.1 Å². The third kappa shape index (κ3) is 4.15. The summed E-state index contributed by atoms with van der Waals surface area (Å²) in [6.45, 7) is 0. The second-order valence-electron chi connectivity index (χ2n) is 6.16. The average Bonchev–Trinajstić information content (AvgIpc) is 2.56. The van der Waals surface area contributed by atoms with E-state index in [1.54, 1.807) is 0 Å². The minimum absolute atomic E-state index is 0.163. The molecule has 0 heterocycles. The van der Waals surface area contributed by atoms with Crippen molar-refractivity contribution in [1.82, 2.24) is 0 Å². The van der Waals surface area contributed by atoms with Crippen molar-refractivity contribution < 1.29 is 27.4 Å². The van der Waals surface area contributed by atoms with Gasteiger partial charge in [-0.15, -0.1) is 0 Å². The van der Waals surface area contributed by atoms with Gasteiger partial charge in [0.2, 0.25) is 0 Å². The van der Waals surface area contributed by atoms with Gasteiger partial charge >= 0.3 is 12.1 Å². The molecule has 1 aliphatic carbocycles. The van der Waals surface area contributed by atoms with Gasteiger partial charge in [-0.2, -0.15) is 13.2 Å². The van der Waals surface area contributed by atoms with Crippen LogP contribution in [-0.4, -0.2) is 24.4 Å². The van der Waals surface area contributed by atoms with Gasteiger partial charge < -0.3 is 15.2 Å². The number of benzene rings is 2. The van der Waals surface area contributed by atoms with Gasteiger partial charge in [0.05, 0.1) is 11.8 Å². The molecule has 0 radical (unpaired) electrons. The number of hydrogen-bond acceptors (Lipinski definition) is 4. The number of alkyl halides is 3. The van der Waals surface area contributed by atoms with E-state index in [2.05, 4.69) is 4.74 Å². The predicted molar refractivity (Wildman–Crippen MR) is 87.2 cm³/mol. The molecule has 134 valence electrons. The molecule has 0 aliphatic heterocycles.